The summed E-state index contributed by atoms with van der Waals surface area (Å²) in [6, 6.07) is 7.91. The summed E-state index contributed by atoms with van der Waals surface area (Å²) in [6.07, 6.45) is -0.505. The molecule has 0 fully saturated rings. The molecule has 1 aromatic rings. The van der Waals surface area contributed by atoms with E-state index >= 15 is 0 Å². The Morgan fingerprint density at radius 3 is 2.24 bits per heavy atom. The van der Waals surface area contributed by atoms with Crippen LogP contribution in [0.2, 0.25) is 0 Å². The van der Waals surface area contributed by atoms with Crippen molar-refractivity contribution in [2.45, 2.75) is 26.0 Å². The number of nitrogens with two attached hydrogens (primary N) is 1. The van der Waals surface area contributed by atoms with Crippen molar-refractivity contribution < 1.29 is 5.11 Å². The van der Waals surface area contributed by atoms with E-state index in [4.69, 9.17) is 18.0 Å². The molecule has 1 rings (SSSR count). The average Bonchev–Trinajstić information content (AvgIpc) is 2.43. The Morgan fingerprint density at radius 1 is 1.24 bits per heavy atom. The van der Waals surface area contributed by atoms with Gasteiger partial charge in [-0.15, -0.1) is 0 Å². The summed E-state index contributed by atoms with van der Waals surface area (Å²) in [5, 5.41) is 10.4. The lowest BCUT2D eigenvalue weighted by Crippen LogP contribution is -2.42. The largest absolute Gasteiger partial charge is 0.389 e. The van der Waals surface area contributed by atoms with E-state index < -0.39 is 6.10 Å². The molecule has 0 aliphatic heterocycles. The van der Waals surface area contributed by atoms with Crippen molar-refractivity contribution >= 4 is 17.2 Å². The highest BCUT2D eigenvalue weighted by molar-refractivity contribution is 7.80. The number of likely N-dealkylation sites (N-methyl/N-ethyl adjacent to an activating group) is 2. The number of aliphatic hydroxyl groups excluding tert-OH is 1. The highest BCUT2D eigenvalue weighted by atomic mass is 32.1. The first-order valence-electron chi connectivity index (χ1n) is 7.31. The molecule has 4 nitrogen and oxygen atoms in total. The first-order valence-corrected chi connectivity index (χ1v) is 7.72. The van der Waals surface area contributed by atoms with Gasteiger partial charge in [-0.2, -0.15) is 0 Å². The van der Waals surface area contributed by atoms with Gasteiger partial charge in [-0.25, -0.2) is 0 Å². The van der Waals surface area contributed by atoms with Crippen LogP contribution in [0.5, 0.6) is 0 Å². The molecule has 3 N–H and O–H groups in total. The third-order valence-corrected chi connectivity index (χ3v) is 3.88. The van der Waals surface area contributed by atoms with E-state index in [2.05, 4.69) is 37.7 Å². The Bertz CT molecular complexity index is 447. The third-order valence-electron chi connectivity index (χ3n) is 3.65. The maximum absolute atomic E-state index is 10.4. The summed E-state index contributed by atoms with van der Waals surface area (Å²) >= 11 is 4.94. The van der Waals surface area contributed by atoms with Gasteiger partial charge in [0.05, 0.1) is 6.10 Å². The van der Waals surface area contributed by atoms with Crippen molar-refractivity contribution in [1.29, 1.82) is 0 Å². The molecular weight excluding hydrogens is 282 g/mol. The molecule has 0 saturated carbocycles. The second-order valence-electron chi connectivity index (χ2n) is 5.70. The maximum Gasteiger partial charge on any atom is 0.103 e. The van der Waals surface area contributed by atoms with E-state index in [0.29, 0.717) is 17.6 Å². The molecule has 0 aliphatic rings. The second kappa shape index (κ2) is 8.44. The summed E-state index contributed by atoms with van der Waals surface area (Å²) in [5.74, 6) is 0. The highest BCUT2D eigenvalue weighted by Gasteiger charge is 2.18. The van der Waals surface area contributed by atoms with Gasteiger partial charge in [0, 0.05) is 24.7 Å². The quantitative estimate of drug-likeness (QED) is 0.715. The second-order valence-corrected chi connectivity index (χ2v) is 6.14. The van der Waals surface area contributed by atoms with Gasteiger partial charge in [0.15, 0.2) is 0 Å². The van der Waals surface area contributed by atoms with E-state index in [0.717, 1.165) is 24.2 Å². The molecule has 2 atom stereocenters. The minimum Gasteiger partial charge on any atom is -0.389 e. The molecular formula is C16H27N3OS. The van der Waals surface area contributed by atoms with Crippen LogP contribution in [-0.4, -0.2) is 59.7 Å². The number of aliphatic hydroxyl groups is 1. The van der Waals surface area contributed by atoms with Crippen LogP contribution in [0.4, 0.5) is 0 Å². The van der Waals surface area contributed by atoms with Crippen molar-refractivity contribution in [3.8, 4) is 0 Å². The molecule has 0 spiro atoms. The lowest BCUT2D eigenvalue weighted by molar-refractivity contribution is 0.0859. The first kappa shape index (κ1) is 18.0. The first-order chi connectivity index (χ1) is 9.85. The molecule has 118 valence electrons. The Labute approximate surface area is 133 Å². The number of nitrogens with zero attached hydrogens (tertiary/aromatic N) is 2. The van der Waals surface area contributed by atoms with E-state index in [9.17, 15) is 5.11 Å². The minimum absolute atomic E-state index is 0.380. The molecule has 21 heavy (non-hydrogen) atoms. The van der Waals surface area contributed by atoms with Crippen LogP contribution in [-0.2, 0) is 0 Å². The number of hydrogen-bond acceptors (Lipinski definition) is 4. The van der Waals surface area contributed by atoms with Crippen molar-refractivity contribution in [2.75, 3.05) is 33.7 Å². The van der Waals surface area contributed by atoms with Crippen molar-refractivity contribution in [1.82, 2.24) is 9.80 Å². The Balaban J connectivity index is 2.69. The van der Waals surface area contributed by atoms with Gasteiger partial charge in [0.1, 0.15) is 4.99 Å². The van der Waals surface area contributed by atoms with E-state index in [1.165, 1.54) is 0 Å². The summed E-state index contributed by atoms with van der Waals surface area (Å²) < 4.78 is 0. The zero-order chi connectivity index (χ0) is 16.0. The Hall–Kier alpha value is -1.01. The molecule has 1 aromatic carbocycles. The van der Waals surface area contributed by atoms with Crippen LogP contribution in [0.3, 0.4) is 0 Å². The predicted molar refractivity (Wildman–Crippen MR) is 92.6 cm³/mol. The van der Waals surface area contributed by atoms with Crippen LogP contribution in [0.15, 0.2) is 24.3 Å². The van der Waals surface area contributed by atoms with Crippen LogP contribution < -0.4 is 5.73 Å². The van der Waals surface area contributed by atoms with Gasteiger partial charge in [-0.3, -0.25) is 4.90 Å². The standard InChI is InChI=1S/C16H27N3OS/c1-5-19(12(2)10-18(3)4)11-15(20)13-6-8-14(9-7-13)16(17)21/h6-9,12,15,20H,5,10-11H2,1-4H3,(H2,17,21). The molecule has 5 heteroatoms. The van der Waals surface area contributed by atoms with Gasteiger partial charge in [-0.1, -0.05) is 43.4 Å². The number of rotatable bonds is 8. The molecule has 0 saturated heterocycles. The molecule has 0 heterocycles. The third kappa shape index (κ3) is 5.71. The lowest BCUT2D eigenvalue weighted by Gasteiger charge is -2.31. The number of benzene rings is 1. The highest BCUT2D eigenvalue weighted by Crippen LogP contribution is 2.16. The van der Waals surface area contributed by atoms with Crippen LogP contribution in [0, 0.1) is 0 Å². The van der Waals surface area contributed by atoms with Crippen LogP contribution >= 0.6 is 12.2 Å². The Kier molecular flexibility index (Phi) is 7.25. The number of hydrogen-bond donors (Lipinski definition) is 2. The van der Waals surface area contributed by atoms with Crippen molar-refractivity contribution in [2.24, 2.45) is 5.73 Å². The van der Waals surface area contributed by atoms with Crippen molar-refractivity contribution in [3.05, 3.63) is 35.4 Å². The van der Waals surface area contributed by atoms with Crippen LogP contribution in [0.1, 0.15) is 31.1 Å². The summed E-state index contributed by atoms with van der Waals surface area (Å²) in [6.45, 7) is 6.82. The summed E-state index contributed by atoms with van der Waals surface area (Å²) in [4.78, 5) is 4.83. The molecule has 0 aromatic heterocycles. The zero-order valence-electron chi connectivity index (χ0n) is 13.4. The topological polar surface area (TPSA) is 52.7 Å². The average molecular weight is 309 g/mol. The summed E-state index contributed by atoms with van der Waals surface area (Å²) in [7, 11) is 4.13. The number of thiocarbonyl (C=S) groups is 1. The van der Waals surface area contributed by atoms with E-state index in [1.807, 2.05) is 24.3 Å². The molecule has 0 radical (unpaired) electrons. The zero-order valence-corrected chi connectivity index (χ0v) is 14.2. The smallest absolute Gasteiger partial charge is 0.103 e. The van der Waals surface area contributed by atoms with Crippen LogP contribution in [0.25, 0.3) is 0 Å². The fourth-order valence-corrected chi connectivity index (χ4v) is 2.60. The lowest BCUT2D eigenvalue weighted by atomic mass is 10.1. The van der Waals surface area contributed by atoms with Gasteiger partial charge < -0.3 is 15.7 Å². The molecule has 0 amide bonds. The van der Waals surface area contributed by atoms with Crippen molar-refractivity contribution in [3.63, 3.8) is 0 Å². The molecule has 2 unspecified atom stereocenters. The van der Waals surface area contributed by atoms with Gasteiger partial charge in [0.2, 0.25) is 0 Å². The van der Waals surface area contributed by atoms with Gasteiger partial charge in [0.25, 0.3) is 0 Å². The van der Waals surface area contributed by atoms with E-state index in [-0.39, 0.29) is 0 Å². The molecule has 0 aliphatic carbocycles. The van der Waals surface area contributed by atoms with E-state index in [1.54, 1.807) is 0 Å². The maximum atomic E-state index is 10.4. The normalized spacial score (nSPS) is 14.4. The fraction of sp³-hybridized carbons (Fsp3) is 0.562. The fourth-order valence-electron chi connectivity index (χ4n) is 2.46. The minimum atomic E-state index is -0.505. The van der Waals surface area contributed by atoms with Gasteiger partial charge in [-0.05, 0) is 33.1 Å². The monoisotopic (exact) mass is 309 g/mol. The van der Waals surface area contributed by atoms with Gasteiger partial charge >= 0.3 is 0 Å². The Morgan fingerprint density at radius 2 is 1.81 bits per heavy atom. The summed E-state index contributed by atoms with van der Waals surface area (Å²) in [5.41, 5.74) is 7.31. The molecule has 0 bridgehead atoms. The SMILES string of the molecule is CCN(CC(O)c1ccc(C(N)=S)cc1)C(C)CN(C)C. The predicted octanol–water partition coefficient (Wildman–Crippen LogP) is 1.63.